The Morgan fingerprint density at radius 1 is 1.32 bits per heavy atom. The SMILES string of the molecule is CC(Nc1cc(F)ccc1[N+](=O)[O-])c1cccc(N2CCOC2=O)c1. The third-order valence-electron chi connectivity index (χ3n) is 3.97. The summed E-state index contributed by atoms with van der Waals surface area (Å²) in [5, 5.41) is 14.1. The molecule has 130 valence electrons. The zero-order valence-corrected chi connectivity index (χ0v) is 13.4. The number of hydrogen-bond donors (Lipinski definition) is 1. The fraction of sp³-hybridized carbons (Fsp3) is 0.235. The van der Waals surface area contributed by atoms with Gasteiger partial charge in [-0.05, 0) is 30.7 Å². The van der Waals surface area contributed by atoms with E-state index in [4.69, 9.17) is 4.74 Å². The summed E-state index contributed by atoms with van der Waals surface area (Å²) in [6.07, 6.45) is -0.404. The van der Waals surface area contributed by atoms with Crippen molar-refractivity contribution in [1.29, 1.82) is 0 Å². The number of amides is 1. The van der Waals surface area contributed by atoms with E-state index in [1.165, 1.54) is 4.90 Å². The van der Waals surface area contributed by atoms with E-state index >= 15 is 0 Å². The number of ether oxygens (including phenoxy) is 1. The normalized spacial score (nSPS) is 15.0. The molecule has 7 nitrogen and oxygen atoms in total. The number of nitrogens with zero attached hydrogens (tertiary/aromatic N) is 2. The molecule has 0 aromatic heterocycles. The van der Waals surface area contributed by atoms with Crippen molar-refractivity contribution in [1.82, 2.24) is 0 Å². The highest BCUT2D eigenvalue weighted by atomic mass is 19.1. The Kier molecular flexibility index (Phi) is 4.51. The van der Waals surface area contributed by atoms with Crippen LogP contribution in [0.3, 0.4) is 0 Å². The van der Waals surface area contributed by atoms with Crippen LogP contribution in [0.1, 0.15) is 18.5 Å². The summed E-state index contributed by atoms with van der Waals surface area (Å²) >= 11 is 0. The largest absolute Gasteiger partial charge is 0.447 e. The lowest BCUT2D eigenvalue weighted by molar-refractivity contribution is -0.384. The van der Waals surface area contributed by atoms with E-state index in [0.29, 0.717) is 18.8 Å². The van der Waals surface area contributed by atoms with Gasteiger partial charge in [0, 0.05) is 23.9 Å². The van der Waals surface area contributed by atoms with E-state index in [2.05, 4.69) is 5.32 Å². The Hall–Kier alpha value is -3.16. The Bertz CT molecular complexity index is 827. The molecule has 2 aromatic rings. The van der Waals surface area contributed by atoms with Crippen molar-refractivity contribution in [3.63, 3.8) is 0 Å². The number of nitro groups is 1. The average Bonchev–Trinajstić information content (AvgIpc) is 3.01. The maximum atomic E-state index is 13.5. The lowest BCUT2D eigenvalue weighted by Crippen LogP contribution is -2.23. The molecular formula is C17H16FN3O4. The zero-order chi connectivity index (χ0) is 18.0. The molecular weight excluding hydrogens is 329 g/mol. The molecule has 0 radical (unpaired) electrons. The van der Waals surface area contributed by atoms with Crippen LogP contribution in [0.25, 0.3) is 0 Å². The Balaban J connectivity index is 1.85. The number of benzene rings is 2. The molecule has 1 aliphatic heterocycles. The van der Waals surface area contributed by atoms with Crippen LogP contribution in [0.2, 0.25) is 0 Å². The Morgan fingerprint density at radius 3 is 2.80 bits per heavy atom. The summed E-state index contributed by atoms with van der Waals surface area (Å²) in [6.45, 7) is 2.61. The lowest BCUT2D eigenvalue weighted by Gasteiger charge is -2.19. The molecule has 1 saturated heterocycles. The molecule has 1 atom stereocenters. The van der Waals surface area contributed by atoms with E-state index in [1.54, 1.807) is 25.1 Å². The van der Waals surface area contributed by atoms with Crippen molar-refractivity contribution in [2.24, 2.45) is 0 Å². The van der Waals surface area contributed by atoms with Gasteiger partial charge in [0.2, 0.25) is 0 Å². The summed E-state index contributed by atoms with van der Waals surface area (Å²) in [6, 6.07) is 10.1. The number of rotatable bonds is 5. The van der Waals surface area contributed by atoms with Crippen LogP contribution in [0, 0.1) is 15.9 Å². The second-order valence-electron chi connectivity index (χ2n) is 5.65. The van der Waals surface area contributed by atoms with Gasteiger partial charge in [-0.25, -0.2) is 9.18 Å². The van der Waals surface area contributed by atoms with Crippen molar-refractivity contribution in [2.75, 3.05) is 23.4 Å². The first-order valence-electron chi connectivity index (χ1n) is 7.70. The average molecular weight is 345 g/mol. The van der Waals surface area contributed by atoms with Crippen molar-refractivity contribution >= 4 is 23.2 Å². The number of halogens is 1. The van der Waals surface area contributed by atoms with Crippen molar-refractivity contribution in [2.45, 2.75) is 13.0 Å². The summed E-state index contributed by atoms with van der Waals surface area (Å²) in [4.78, 5) is 23.7. The maximum absolute atomic E-state index is 13.5. The Morgan fingerprint density at radius 2 is 2.12 bits per heavy atom. The third-order valence-corrected chi connectivity index (χ3v) is 3.97. The van der Waals surface area contributed by atoms with Crippen LogP contribution < -0.4 is 10.2 Å². The number of hydrogen-bond acceptors (Lipinski definition) is 5. The smallest absolute Gasteiger partial charge is 0.414 e. The van der Waals surface area contributed by atoms with Crippen LogP contribution in [0.4, 0.5) is 26.2 Å². The molecule has 1 amide bonds. The van der Waals surface area contributed by atoms with Gasteiger partial charge in [-0.3, -0.25) is 15.0 Å². The molecule has 3 rings (SSSR count). The predicted molar refractivity (Wildman–Crippen MR) is 90.2 cm³/mol. The summed E-state index contributed by atoms with van der Waals surface area (Å²) in [5.74, 6) is -0.561. The fourth-order valence-electron chi connectivity index (χ4n) is 2.69. The molecule has 1 fully saturated rings. The molecule has 1 N–H and O–H groups in total. The molecule has 8 heteroatoms. The summed E-state index contributed by atoms with van der Waals surface area (Å²) in [7, 11) is 0. The van der Waals surface area contributed by atoms with Gasteiger partial charge in [0.1, 0.15) is 18.1 Å². The molecule has 1 heterocycles. The molecule has 0 saturated carbocycles. The second kappa shape index (κ2) is 6.76. The number of anilines is 2. The van der Waals surface area contributed by atoms with Gasteiger partial charge in [-0.2, -0.15) is 0 Å². The van der Waals surface area contributed by atoms with E-state index in [-0.39, 0.29) is 17.4 Å². The number of carbonyl (C=O) groups excluding carboxylic acids is 1. The van der Waals surface area contributed by atoms with Crippen molar-refractivity contribution in [3.8, 4) is 0 Å². The van der Waals surface area contributed by atoms with Crippen molar-refractivity contribution < 1.29 is 18.8 Å². The molecule has 1 unspecified atom stereocenters. The van der Waals surface area contributed by atoms with Gasteiger partial charge in [0.25, 0.3) is 5.69 Å². The van der Waals surface area contributed by atoms with Crippen LogP contribution >= 0.6 is 0 Å². The van der Waals surface area contributed by atoms with Crippen LogP contribution in [0.5, 0.6) is 0 Å². The van der Waals surface area contributed by atoms with Gasteiger partial charge < -0.3 is 10.1 Å². The quantitative estimate of drug-likeness (QED) is 0.657. The maximum Gasteiger partial charge on any atom is 0.414 e. The standard InChI is InChI=1S/C17H16FN3O4/c1-11(19-15-10-13(18)5-6-16(15)21(23)24)12-3-2-4-14(9-12)20-7-8-25-17(20)22/h2-6,9-11,19H,7-8H2,1H3. The summed E-state index contributed by atoms with van der Waals surface area (Å²) < 4.78 is 18.4. The van der Waals surface area contributed by atoms with E-state index in [0.717, 1.165) is 23.8 Å². The number of carbonyl (C=O) groups is 1. The second-order valence-corrected chi connectivity index (χ2v) is 5.65. The number of nitrogens with one attached hydrogen (secondary N) is 1. The minimum absolute atomic E-state index is 0.100. The number of cyclic esters (lactones) is 1. The number of nitro benzene ring substituents is 1. The first-order chi connectivity index (χ1) is 12.0. The molecule has 0 bridgehead atoms. The predicted octanol–water partition coefficient (Wildman–Crippen LogP) is 3.86. The zero-order valence-electron chi connectivity index (χ0n) is 13.4. The molecule has 1 aliphatic rings. The topological polar surface area (TPSA) is 84.7 Å². The highest BCUT2D eigenvalue weighted by Crippen LogP contribution is 2.30. The van der Waals surface area contributed by atoms with Crippen molar-refractivity contribution in [3.05, 3.63) is 64.0 Å². The lowest BCUT2D eigenvalue weighted by atomic mass is 10.1. The first kappa shape index (κ1) is 16.7. The fourth-order valence-corrected chi connectivity index (χ4v) is 2.69. The molecule has 2 aromatic carbocycles. The summed E-state index contributed by atoms with van der Waals surface area (Å²) in [5.41, 5.74) is 1.38. The Labute approximate surface area is 143 Å². The van der Waals surface area contributed by atoms with Gasteiger partial charge in [0.15, 0.2) is 0 Å². The highest BCUT2D eigenvalue weighted by molar-refractivity contribution is 5.89. The molecule has 25 heavy (non-hydrogen) atoms. The van der Waals surface area contributed by atoms with Gasteiger partial charge >= 0.3 is 6.09 Å². The van der Waals surface area contributed by atoms with Crippen LogP contribution in [0.15, 0.2) is 42.5 Å². The van der Waals surface area contributed by atoms with E-state index in [9.17, 15) is 19.3 Å². The van der Waals surface area contributed by atoms with Crippen LogP contribution in [-0.4, -0.2) is 24.2 Å². The van der Waals surface area contributed by atoms with Gasteiger partial charge in [-0.1, -0.05) is 12.1 Å². The monoisotopic (exact) mass is 345 g/mol. The molecule has 0 aliphatic carbocycles. The first-order valence-corrected chi connectivity index (χ1v) is 7.70. The third kappa shape index (κ3) is 3.52. The van der Waals surface area contributed by atoms with Crippen LogP contribution in [-0.2, 0) is 4.74 Å². The van der Waals surface area contributed by atoms with Gasteiger partial charge in [-0.15, -0.1) is 0 Å². The molecule has 0 spiro atoms. The minimum atomic E-state index is -0.564. The van der Waals surface area contributed by atoms with Gasteiger partial charge in [0.05, 0.1) is 11.5 Å². The van der Waals surface area contributed by atoms with E-state index in [1.807, 2.05) is 6.07 Å². The highest BCUT2D eigenvalue weighted by Gasteiger charge is 2.24. The minimum Gasteiger partial charge on any atom is -0.447 e. The van der Waals surface area contributed by atoms with E-state index < -0.39 is 16.8 Å².